The lowest BCUT2D eigenvalue weighted by atomic mass is 10.2. The monoisotopic (exact) mass is 511 g/mol. The van der Waals surface area contributed by atoms with Crippen LogP contribution in [0.5, 0.6) is 0 Å². The Morgan fingerprint density at radius 1 is 1.17 bits per heavy atom. The molecule has 0 atom stereocenters. The number of carbonyl (C=O) groups excluding carboxylic acids is 2. The number of thioether (sulfide) groups is 1. The maximum absolute atomic E-state index is 12.8. The summed E-state index contributed by atoms with van der Waals surface area (Å²) in [5, 5.41) is 0.819. The summed E-state index contributed by atoms with van der Waals surface area (Å²) >= 11 is 10.9. The Morgan fingerprint density at radius 3 is 2.47 bits per heavy atom. The summed E-state index contributed by atoms with van der Waals surface area (Å²) in [6.07, 6.45) is 1.34. The van der Waals surface area contributed by atoms with Gasteiger partial charge < -0.3 is 14.5 Å². The third-order valence-electron chi connectivity index (χ3n) is 4.36. The predicted molar refractivity (Wildman–Crippen MR) is 124 cm³/mol. The number of amides is 1. The van der Waals surface area contributed by atoms with E-state index in [1.807, 2.05) is 32.9 Å². The zero-order valence-electron chi connectivity index (χ0n) is 17.0. The average Bonchev–Trinajstić information content (AvgIpc) is 2.69. The fraction of sp³-hybridized carbons (Fsp3) is 0.381. The molecule has 0 N–H and O–H groups in total. The van der Waals surface area contributed by atoms with Crippen molar-refractivity contribution in [1.29, 1.82) is 0 Å². The quantitative estimate of drug-likeness (QED) is 0.507. The van der Waals surface area contributed by atoms with Crippen LogP contribution in [0.15, 0.2) is 46.0 Å². The normalized spacial score (nSPS) is 14.6. The number of rotatable bonds is 3. The number of pyridine rings is 1. The van der Waals surface area contributed by atoms with Crippen molar-refractivity contribution in [2.24, 2.45) is 0 Å². The van der Waals surface area contributed by atoms with Crippen molar-refractivity contribution in [2.45, 2.75) is 31.4 Å². The molecule has 3 rings (SSSR count). The van der Waals surface area contributed by atoms with Crippen LogP contribution >= 0.6 is 39.3 Å². The van der Waals surface area contributed by atoms with E-state index in [0.717, 1.165) is 17.4 Å². The minimum Gasteiger partial charge on any atom is -0.444 e. The van der Waals surface area contributed by atoms with Crippen molar-refractivity contribution in [3.63, 3.8) is 0 Å². The molecule has 1 amide bonds. The Bertz CT molecular complexity index is 929. The van der Waals surface area contributed by atoms with Gasteiger partial charge in [0.15, 0.2) is 0 Å². The molecule has 0 aliphatic carbocycles. The molecule has 6 nitrogen and oxygen atoms in total. The molecule has 1 aromatic carbocycles. The van der Waals surface area contributed by atoms with Crippen molar-refractivity contribution in [1.82, 2.24) is 9.88 Å². The molecule has 1 saturated heterocycles. The Kier molecular flexibility index (Phi) is 7.31. The molecule has 1 fully saturated rings. The van der Waals surface area contributed by atoms with Gasteiger partial charge in [0.05, 0.1) is 10.6 Å². The van der Waals surface area contributed by atoms with Gasteiger partial charge in [0.1, 0.15) is 10.6 Å². The number of piperazine rings is 1. The molecule has 1 aliphatic heterocycles. The van der Waals surface area contributed by atoms with Crippen LogP contribution in [0.4, 0.5) is 10.5 Å². The molecule has 1 aliphatic rings. The van der Waals surface area contributed by atoms with Crippen LogP contribution in [-0.4, -0.2) is 52.9 Å². The van der Waals surface area contributed by atoms with Gasteiger partial charge in [-0.05, 0) is 72.7 Å². The van der Waals surface area contributed by atoms with Gasteiger partial charge in [0.2, 0.25) is 5.12 Å². The summed E-state index contributed by atoms with van der Waals surface area (Å²) in [5.74, 6) is 0. The summed E-state index contributed by atoms with van der Waals surface area (Å²) in [5.41, 5.74) is 0.779. The number of ether oxygens (including phenoxy) is 1. The number of nitrogens with zero attached hydrogens (tertiary/aromatic N) is 3. The van der Waals surface area contributed by atoms with E-state index in [-0.39, 0.29) is 11.2 Å². The van der Waals surface area contributed by atoms with E-state index in [9.17, 15) is 9.59 Å². The van der Waals surface area contributed by atoms with Gasteiger partial charge in [-0.25, -0.2) is 9.78 Å². The van der Waals surface area contributed by atoms with Gasteiger partial charge in [0.25, 0.3) is 0 Å². The van der Waals surface area contributed by atoms with Crippen LogP contribution in [0.3, 0.4) is 0 Å². The number of hydrogen-bond donors (Lipinski definition) is 0. The Labute approximate surface area is 194 Å². The van der Waals surface area contributed by atoms with E-state index in [1.165, 1.54) is 0 Å². The maximum Gasteiger partial charge on any atom is 0.410 e. The lowest BCUT2D eigenvalue weighted by Gasteiger charge is -2.37. The zero-order valence-corrected chi connectivity index (χ0v) is 20.2. The van der Waals surface area contributed by atoms with Crippen molar-refractivity contribution in [3.8, 4) is 0 Å². The second-order valence-electron chi connectivity index (χ2n) is 7.80. The third-order valence-corrected chi connectivity index (χ3v) is 6.48. The topological polar surface area (TPSA) is 62.7 Å². The molecule has 0 bridgehead atoms. The first-order valence-corrected chi connectivity index (χ1v) is 11.5. The number of benzene rings is 1. The van der Waals surface area contributed by atoms with Crippen LogP contribution in [0.25, 0.3) is 0 Å². The average molecular weight is 513 g/mol. The predicted octanol–water partition coefficient (Wildman–Crippen LogP) is 5.49. The Hall–Kier alpha value is -1.77. The highest BCUT2D eigenvalue weighted by Gasteiger charge is 2.27. The van der Waals surface area contributed by atoms with E-state index in [1.54, 1.807) is 29.3 Å². The number of hydrogen-bond acceptors (Lipinski definition) is 6. The highest BCUT2D eigenvalue weighted by atomic mass is 79.9. The summed E-state index contributed by atoms with van der Waals surface area (Å²) < 4.78 is 6.10. The molecular weight excluding hydrogens is 490 g/mol. The minimum absolute atomic E-state index is 0.173. The van der Waals surface area contributed by atoms with Gasteiger partial charge in [-0.15, -0.1) is 0 Å². The highest BCUT2D eigenvalue weighted by molar-refractivity contribution is 9.10. The molecule has 1 aromatic heterocycles. The summed E-state index contributed by atoms with van der Waals surface area (Å²) in [6, 6.07) is 9.11. The second-order valence-corrected chi connectivity index (χ2v) is 10.0. The van der Waals surface area contributed by atoms with E-state index >= 15 is 0 Å². The van der Waals surface area contributed by atoms with Crippen molar-refractivity contribution in [3.05, 3.63) is 51.6 Å². The largest absolute Gasteiger partial charge is 0.444 e. The Morgan fingerprint density at radius 2 is 1.87 bits per heavy atom. The SMILES string of the molecule is CC(C)(C)OC(=O)N1CCN(c2cc(Br)c(Cl)c(C(=O)Sc3ccccn3)c2)CC1. The second kappa shape index (κ2) is 9.58. The van der Waals surface area contributed by atoms with Gasteiger partial charge >= 0.3 is 6.09 Å². The molecule has 9 heteroatoms. The molecule has 0 spiro atoms. The fourth-order valence-electron chi connectivity index (χ4n) is 2.94. The zero-order chi connectivity index (χ0) is 21.9. The number of anilines is 1. The molecule has 0 radical (unpaired) electrons. The third kappa shape index (κ3) is 5.89. The van der Waals surface area contributed by atoms with Crippen LogP contribution < -0.4 is 4.90 Å². The lowest BCUT2D eigenvalue weighted by Crippen LogP contribution is -2.50. The minimum atomic E-state index is -0.518. The van der Waals surface area contributed by atoms with Crippen LogP contribution in [0.2, 0.25) is 5.02 Å². The Balaban J connectivity index is 1.72. The molecule has 160 valence electrons. The van der Waals surface area contributed by atoms with Crippen LogP contribution in [-0.2, 0) is 4.74 Å². The number of carbonyl (C=O) groups is 2. The molecule has 2 aromatic rings. The van der Waals surface area contributed by atoms with Crippen molar-refractivity contribution >= 4 is 56.2 Å². The molecule has 0 unspecified atom stereocenters. The molecule has 2 heterocycles. The van der Waals surface area contributed by atoms with Crippen LogP contribution in [0, 0.1) is 0 Å². The molecule has 30 heavy (non-hydrogen) atoms. The first-order valence-electron chi connectivity index (χ1n) is 9.49. The van der Waals surface area contributed by atoms with Crippen molar-refractivity contribution < 1.29 is 14.3 Å². The van der Waals surface area contributed by atoms with Crippen molar-refractivity contribution in [2.75, 3.05) is 31.1 Å². The van der Waals surface area contributed by atoms with Gasteiger partial charge in [-0.1, -0.05) is 17.7 Å². The highest BCUT2D eigenvalue weighted by Crippen LogP contribution is 2.35. The van der Waals surface area contributed by atoms with Gasteiger partial charge in [0, 0.05) is 42.5 Å². The smallest absolute Gasteiger partial charge is 0.410 e. The van der Waals surface area contributed by atoms with E-state index < -0.39 is 5.60 Å². The van der Waals surface area contributed by atoms with E-state index in [2.05, 4.69) is 25.8 Å². The molecular formula is C21H23BrClN3O3S. The maximum atomic E-state index is 12.8. The van der Waals surface area contributed by atoms with E-state index in [0.29, 0.717) is 46.3 Å². The summed E-state index contributed by atoms with van der Waals surface area (Å²) in [4.78, 5) is 33.1. The summed E-state index contributed by atoms with van der Waals surface area (Å²) in [6.45, 7) is 7.92. The first kappa shape index (κ1) is 22.9. The van der Waals surface area contributed by atoms with Gasteiger partial charge in [-0.3, -0.25) is 4.79 Å². The first-order chi connectivity index (χ1) is 14.1. The van der Waals surface area contributed by atoms with E-state index in [4.69, 9.17) is 16.3 Å². The standard InChI is InChI=1S/C21H23BrClN3O3S/c1-21(2,3)29-20(28)26-10-8-25(9-11-26)14-12-15(18(23)16(22)13-14)19(27)30-17-6-4-5-7-24-17/h4-7,12-13H,8-11H2,1-3H3. The fourth-order valence-corrected chi connectivity index (χ4v) is 4.36. The number of aromatic nitrogens is 1. The molecule has 0 saturated carbocycles. The number of halogens is 2. The van der Waals surface area contributed by atoms with Gasteiger partial charge in [-0.2, -0.15) is 0 Å². The van der Waals surface area contributed by atoms with Crippen LogP contribution in [0.1, 0.15) is 31.1 Å². The lowest BCUT2D eigenvalue weighted by molar-refractivity contribution is 0.0240. The summed E-state index contributed by atoms with van der Waals surface area (Å²) in [7, 11) is 0.